The number of aliphatic hydroxyl groups excluding tert-OH is 5. The third kappa shape index (κ3) is 18.2. The van der Waals surface area contributed by atoms with Crippen LogP contribution in [0.1, 0.15) is 73.6 Å². The monoisotopic (exact) mass is 1010 g/mol. The number of nitrogens with one attached hydrogen (secondary N) is 7. The lowest BCUT2D eigenvalue weighted by Gasteiger charge is -2.48. The van der Waals surface area contributed by atoms with Gasteiger partial charge in [0.1, 0.15) is 91.1 Å². The van der Waals surface area contributed by atoms with E-state index >= 15 is 0 Å². The Labute approximate surface area is 400 Å². The van der Waals surface area contributed by atoms with Gasteiger partial charge in [0, 0.05) is 20.3 Å². The molecular weight excluding hydrogens is 944 g/mol. The van der Waals surface area contributed by atoms with Crippen LogP contribution >= 0.6 is 0 Å². The molecule has 2 heterocycles. The molecule has 398 valence electrons. The van der Waals surface area contributed by atoms with Crippen LogP contribution in [0.25, 0.3) is 0 Å². The molecule has 30 nitrogen and oxygen atoms in total. The number of aliphatic hydroxyl groups is 5. The molecule has 0 saturated carbocycles. The van der Waals surface area contributed by atoms with Gasteiger partial charge in [0.05, 0.1) is 13.2 Å². The third-order valence-corrected chi connectivity index (χ3v) is 11.0. The molecule has 2 saturated heterocycles. The molecule has 70 heavy (non-hydrogen) atoms. The molecule has 0 bridgehead atoms. The fourth-order valence-electron chi connectivity index (χ4n) is 7.03. The summed E-state index contributed by atoms with van der Waals surface area (Å²) in [5.74, 6) is -10.6. The first kappa shape index (κ1) is 60.4. The minimum Gasteiger partial charge on any atom is -0.480 e. The molecular formula is C40H66N8O22. The first-order valence-corrected chi connectivity index (χ1v) is 22.0. The summed E-state index contributed by atoms with van der Waals surface area (Å²) in [5, 5.41) is 96.3. The van der Waals surface area contributed by atoms with Crippen molar-refractivity contribution in [3.8, 4) is 0 Å². The van der Waals surface area contributed by atoms with Gasteiger partial charge in [0.15, 0.2) is 12.6 Å². The van der Waals surface area contributed by atoms with Gasteiger partial charge in [-0.1, -0.05) is 0 Å². The van der Waals surface area contributed by atoms with E-state index in [0.29, 0.717) is 0 Å². The van der Waals surface area contributed by atoms with Crippen LogP contribution in [0, 0.1) is 0 Å². The highest BCUT2D eigenvalue weighted by atomic mass is 16.7. The maximum absolute atomic E-state index is 13.5. The van der Waals surface area contributed by atoms with Crippen molar-refractivity contribution >= 4 is 59.3 Å². The fourth-order valence-corrected chi connectivity index (χ4v) is 7.03. The highest BCUT2D eigenvalue weighted by molar-refractivity contribution is 5.94. The molecule has 0 aromatic heterocycles. The normalized spacial score (nSPS) is 27.3. The molecule has 0 aromatic rings. The molecule has 2 rings (SSSR count). The molecule has 2 fully saturated rings. The first-order valence-electron chi connectivity index (χ1n) is 22.0. The highest BCUT2D eigenvalue weighted by Crippen LogP contribution is 2.31. The number of aliphatic carboxylic acids is 3. The zero-order valence-electron chi connectivity index (χ0n) is 39.1. The van der Waals surface area contributed by atoms with Gasteiger partial charge in [-0.15, -0.1) is 0 Å². The molecule has 17 N–H and O–H groups in total. The molecule has 7 amide bonds. The van der Waals surface area contributed by atoms with Gasteiger partial charge in [-0.3, -0.25) is 43.2 Å². The Bertz CT molecular complexity index is 1860. The third-order valence-electron chi connectivity index (χ3n) is 11.0. The van der Waals surface area contributed by atoms with Crippen molar-refractivity contribution in [1.29, 1.82) is 0 Å². The van der Waals surface area contributed by atoms with Gasteiger partial charge in [-0.2, -0.15) is 0 Å². The summed E-state index contributed by atoms with van der Waals surface area (Å²) in [6, 6.07) is -11.7. The van der Waals surface area contributed by atoms with E-state index < -0.39 is 189 Å². The first-order chi connectivity index (χ1) is 32.6. The topological polar surface area (TPSA) is 480 Å². The number of nitrogens with two attached hydrogens (primary N) is 1. The number of carboxylic acid groups (broad SMARTS) is 3. The minimum absolute atomic E-state index is 0.0215. The lowest BCUT2D eigenvalue weighted by atomic mass is 9.94. The predicted octanol–water partition coefficient (Wildman–Crippen LogP) is -7.68. The zero-order valence-corrected chi connectivity index (χ0v) is 39.1. The minimum atomic E-state index is -1.92. The van der Waals surface area contributed by atoms with Crippen LogP contribution in [0.2, 0.25) is 0 Å². The van der Waals surface area contributed by atoms with E-state index in [9.17, 15) is 78.6 Å². The smallest absolute Gasteiger partial charge is 0.326 e. The maximum Gasteiger partial charge on any atom is 0.326 e. The molecule has 0 radical (unpaired) electrons. The fraction of sp³-hybridized carbons (Fsp3) is 0.750. The van der Waals surface area contributed by atoms with E-state index in [-0.39, 0.29) is 19.3 Å². The average Bonchev–Trinajstić information content (AvgIpc) is 3.27. The quantitative estimate of drug-likeness (QED) is 0.0363. The number of hydrogen-bond donors (Lipinski definition) is 16. The Balaban J connectivity index is 2.21. The van der Waals surface area contributed by atoms with Gasteiger partial charge in [-0.25, -0.2) is 4.79 Å². The molecule has 0 spiro atoms. The second kappa shape index (κ2) is 28.2. The van der Waals surface area contributed by atoms with Crippen molar-refractivity contribution in [1.82, 2.24) is 37.2 Å². The van der Waals surface area contributed by atoms with Gasteiger partial charge in [0.2, 0.25) is 41.4 Å². The molecule has 17 atom stereocenters. The van der Waals surface area contributed by atoms with Gasteiger partial charge >= 0.3 is 17.9 Å². The van der Waals surface area contributed by atoms with E-state index in [2.05, 4.69) is 37.2 Å². The Morgan fingerprint density at radius 2 is 1.13 bits per heavy atom. The molecule has 2 aliphatic heterocycles. The second-order valence-corrected chi connectivity index (χ2v) is 16.7. The van der Waals surface area contributed by atoms with Gasteiger partial charge < -0.3 is 103 Å². The molecule has 2 aliphatic rings. The molecule has 0 aliphatic carbocycles. The van der Waals surface area contributed by atoms with E-state index in [0.717, 1.165) is 20.8 Å². The molecule has 0 aromatic carbocycles. The van der Waals surface area contributed by atoms with Crippen LogP contribution in [0.5, 0.6) is 0 Å². The Morgan fingerprint density at radius 1 is 0.586 bits per heavy atom. The lowest BCUT2D eigenvalue weighted by Crippen LogP contribution is -2.70. The number of hydrogen-bond acceptors (Lipinski definition) is 20. The van der Waals surface area contributed by atoms with Crippen LogP contribution in [0.3, 0.4) is 0 Å². The van der Waals surface area contributed by atoms with Crippen LogP contribution in [-0.4, -0.2) is 217 Å². The second-order valence-electron chi connectivity index (χ2n) is 16.7. The van der Waals surface area contributed by atoms with Crippen molar-refractivity contribution < 1.29 is 108 Å². The Kier molecular flexibility index (Phi) is 24.4. The predicted molar refractivity (Wildman–Crippen MR) is 231 cm³/mol. The number of carboxylic acids is 3. The van der Waals surface area contributed by atoms with E-state index in [1.165, 1.54) is 20.8 Å². The van der Waals surface area contributed by atoms with Crippen molar-refractivity contribution in [3.05, 3.63) is 0 Å². The molecule has 30 heteroatoms. The van der Waals surface area contributed by atoms with E-state index in [4.69, 9.17) is 34.9 Å². The van der Waals surface area contributed by atoms with E-state index in [1.807, 2.05) is 0 Å². The molecule has 17 unspecified atom stereocenters. The summed E-state index contributed by atoms with van der Waals surface area (Å²) in [7, 11) is 0. The number of ether oxygens (including phenoxy) is 4. The zero-order chi connectivity index (χ0) is 53.3. The Hall–Kier alpha value is -5.70. The summed E-state index contributed by atoms with van der Waals surface area (Å²) in [5.41, 5.74) is 5.54. The van der Waals surface area contributed by atoms with Crippen LogP contribution in [-0.2, 0) is 66.9 Å². The van der Waals surface area contributed by atoms with Crippen LogP contribution in [0.4, 0.5) is 0 Å². The van der Waals surface area contributed by atoms with Gasteiger partial charge in [0.25, 0.3) is 0 Å². The summed E-state index contributed by atoms with van der Waals surface area (Å²) >= 11 is 0. The number of carbonyl (C=O) groups excluding carboxylic acids is 7. The maximum atomic E-state index is 13.5. The lowest BCUT2D eigenvalue weighted by molar-refractivity contribution is -0.333. The summed E-state index contributed by atoms with van der Waals surface area (Å²) in [6.45, 7) is 5.12. The van der Waals surface area contributed by atoms with Crippen molar-refractivity contribution in [2.75, 3.05) is 13.2 Å². The standard InChI is InChI=1S/C40H66N8O22/c1-14(32(56)44-16(3)36(60)61)43-35(59)21(9-7-8-20(41)37(62)63)47-25(53)11-10-22(38(64)65)48-33(57)15(2)42-34(58)17(4)67-31-27(46-19(6)52)39(66)68-24(13-50)30(31)70-40-26(45-18(5)51)29(55)28(54)23(12-49)69-40/h14-17,20-24,26-31,39-40,49-50,54-55,66H,7-13,41H2,1-6H3,(H,42,58)(H,43,59)(H,44,56)(H,45,51)(H,46,52)(H,47,53)(H,48,57)(H,60,61)(H,62,63)(H,64,65). The highest BCUT2D eigenvalue weighted by Gasteiger charge is 2.53. The summed E-state index contributed by atoms with van der Waals surface area (Å²) < 4.78 is 23.1. The number of amides is 7. The van der Waals surface area contributed by atoms with Crippen molar-refractivity contribution in [2.45, 2.75) is 177 Å². The van der Waals surface area contributed by atoms with Crippen LogP contribution in [0.15, 0.2) is 0 Å². The van der Waals surface area contributed by atoms with Crippen LogP contribution < -0.4 is 43.0 Å². The largest absolute Gasteiger partial charge is 0.480 e. The number of carbonyl (C=O) groups is 10. The summed E-state index contributed by atoms with van der Waals surface area (Å²) in [4.78, 5) is 124. The Morgan fingerprint density at radius 3 is 1.66 bits per heavy atom. The van der Waals surface area contributed by atoms with Gasteiger partial charge in [-0.05, 0) is 53.4 Å². The average molecular weight is 1010 g/mol. The van der Waals surface area contributed by atoms with E-state index in [1.54, 1.807) is 0 Å². The van der Waals surface area contributed by atoms with Crippen molar-refractivity contribution in [2.24, 2.45) is 5.73 Å². The summed E-state index contributed by atoms with van der Waals surface area (Å²) in [6.07, 6.45) is -16.6. The number of rotatable bonds is 27. The SMILES string of the molecule is CC(=O)NC1C(OC2C(CO)OC(O)C(NC(C)=O)C2OC(C)C(=O)NC(C)C(=O)NC(CCC(=O)NC(CCCC(N)C(=O)O)C(=O)NC(C)C(=O)NC(C)C(=O)O)C(=O)O)OC(CO)C(O)C1O. The van der Waals surface area contributed by atoms with Crippen molar-refractivity contribution in [3.63, 3.8) is 0 Å².